The van der Waals surface area contributed by atoms with Crippen molar-refractivity contribution >= 4 is 11.3 Å². The molecule has 0 unspecified atom stereocenters. The molecule has 1 N–H and O–H groups in total. The van der Waals surface area contributed by atoms with Crippen molar-refractivity contribution in [2.45, 2.75) is 13.8 Å². The van der Waals surface area contributed by atoms with Crippen LogP contribution in [-0.2, 0) is 0 Å². The van der Waals surface area contributed by atoms with Crippen LogP contribution in [0.3, 0.4) is 0 Å². The number of anilines is 1. The first-order valence-electron chi connectivity index (χ1n) is 4.36. The fourth-order valence-electron chi connectivity index (χ4n) is 1.35. The molecule has 68 valence electrons. The standard InChI is InChI=1S/C9H12N4/c1-3-10-9-8-6-7(2)12-13(8)5-4-11-9/h4-6H,3H2,1-2H3,(H,10,11). The van der Waals surface area contributed by atoms with Gasteiger partial charge in [0, 0.05) is 18.9 Å². The molecule has 0 atom stereocenters. The molecular weight excluding hydrogens is 164 g/mol. The van der Waals surface area contributed by atoms with E-state index < -0.39 is 0 Å². The van der Waals surface area contributed by atoms with E-state index in [0.29, 0.717) is 0 Å². The van der Waals surface area contributed by atoms with Crippen LogP contribution in [0.5, 0.6) is 0 Å². The number of aryl methyl sites for hydroxylation is 1. The van der Waals surface area contributed by atoms with Gasteiger partial charge in [-0.1, -0.05) is 0 Å². The van der Waals surface area contributed by atoms with E-state index in [0.717, 1.165) is 23.6 Å². The minimum Gasteiger partial charge on any atom is -0.369 e. The fourth-order valence-corrected chi connectivity index (χ4v) is 1.35. The maximum atomic E-state index is 4.29. The first-order valence-corrected chi connectivity index (χ1v) is 4.36. The minimum absolute atomic E-state index is 0.872. The van der Waals surface area contributed by atoms with Gasteiger partial charge in [-0.25, -0.2) is 9.50 Å². The zero-order chi connectivity index (χ0) is 9.26. The second kappa shape index (κ2) is 3.05. The third-order valence-corrected chi connectivity index (χ3v) is 1.86. The Morgan fingerprint density at radius 1 is 1.54 bits per heavy atom. The molecule has 0 saturated heterocycles. The van der Waals surface area contributed by atoms with Gasteiger partial charge in [-0.2, -0.15) is 5.10 Å². The van der Waals surface area contributed by atoms with Gasteiger partial charge in [-0.15, -0.1) is 0 Å². The number of nitrogens with zero attached hydrogens (tertiary/aromatic N) is 3. The minimum atomic E-state index is 0.872. The lowest BCUT2D eigenvalue weighted by molar-refractivity contribution is 0.921. The van der Waals surface area contributed by atoms with Crippen LogP contribution in [0, 0.1) is 6.92 Å². The maximum Gasteiger partial charge on any atom is 0.152 e. The van der Waals surface area contributed by atoms with Crippen LogP contribution in [0.4, 0.5) is 5.82 Å². The van der Waals surface area contributed by atoms with Crippen LogP contribution < -0.4 is 5.32 Å². The summed E-state index contributed by atoms with van der Waals surface area (Å²) in [7, 11) is 0. The average Bonchev–Trinajstić information content (AvgIpc) is 2.47. The molecule has 4 nitrogen and oxygen atoms in total. The topological polar surface area (TPSA) is 42.2 Å². The number of rotatable bonds is 2. The van der Waals surface area contributed by atoms with Gasteiger partial charge in [0.25, 0.3) is 0 Å². The number of hydrogen-bond acceptors (Lipinski definition) is 3. The molecule has 0 aliphatic carbocycles. The normalized spacial score (nSPS) is 10.6. The lowest BCUT2D eigenvalue weighted by Gasteiger charge is -2.02. The monoisotopic (exact) mass is 176 g/mol. The molecule has 0 bridgehead atoms. The third-order valence-electron chi connectivity index (χ3n) is 1.86. The molecule has 2 rings (SSSR count). The van der Waals surface area contributed by atoms with Crippen molar-refractivity contribution in [3.05, 3.63) is 24.2 Å². The van der Waals surface area contributed by atoms with Gasteiger partial charge in [0.15, 0.2) is 5.82 Å². The van der Waals surface area contributed by atoms with E-state index in [2.05, 4.69) is 22.3 Å². The average molecular weight is 176 g/mol. The summed E-state index contributed by atoms with van der Waals surface area (Å²) in [6.45, 7) is 4.90. The van der Waals surface area contributed by atoms with Crippen molar-refractivity contribution in [2.24, 2.45) is 0 Å². The second-order valence-corrected chi connectivity index (χ2v) is 2.92. The summed E-state index contributed by atoms with van der Waals surface area (Å²) in [6.07, 6.45) is 3.60. The summed E-state index contributed by atoms with van der Waals surface area (Å²) < 4.78 is 1.83. The van der Waals surface area contributed by atoms with Gasteiger partial charge in [-0.3, -0.25) is 0 Å². The predicted molar refractivity (Wildman–Crippen MR) is 51.9 cm³/mol. The Morgan fingerprint density at radius 2 is 2.38 bits per heavy atom. The third kappa shape index (κ3) is 1.35. The molecule has 0 fully saturated rings. The van der Waals surface area contributed by atoms with Crippen LogP contribution in [-0.4, -0.2) is 21.1 Å². The van der Waals surface area contributed by atoms with Crippen molar-refractivity contribution in [1.82, 2.24) is 14.6 Å². The highest BCUT2D eigenvalue weighted by Crippen LogP contribution is 2.13. The van der Waals surface area contributed by atoms with Gasteiger partial charge < -0.3 is 5.32 Å². The van der Waals surface area contributed by atoms with Crippen molar-refractivity contribution in [3.63, 3.8) is 0 Å². The lowest BCUT2D eigenvalue weighted by atomic mass is 10.4. The van der Waals surface area contributed by atoms with E-state index in [1.165, 1.54) is 0 Å². The fraction of sp³-hybridized carbons (Fsp3) is 0.333. The zero-order valence-corrected chi connectivity index (χ0v) is 7.78. The van der Waals surface area contributed by atoms with E-state index in [-0.39, 0.29) is 0 Å². The molecule has 0 spiro atoms. The summed E-state index contributed by atoms with van der Waals surface area (Å²) in [5, 5.41) is 7.48. The maximum absolute atomic E-state index is 4.29. The van der Waals surface area contributed by atoms with Gasteiger partial charge >= 0.3 is 0 Å². The highest BCUT2D eigenvalue weighted by Gasteiger charge is 2.02. The zero-order valence-electron chi connectivity index (χ0n) is 7.78. The molecule has 4 heteroatoms. The van der Waals surface area contributed by atoms with E-state index in [4.69, 9.17) is 0 Å². The summed E-state index contributed by atoms with van der Waals surface area (Å²) in [5.74, 6) is 0.894. The summed E-state index contributed by atoms with van der Waals surface area (Å²) in [4.78, 5) is 4.24. The van der Waals surface area contributed by atoms with Crippen molar-refractivity contribution in [3.8, 4) is 0 Å². The molecule has 0 aliphatic rings. The van der Waals surface area contributed by atoms with Crippen LogP contribution >= 0.6 is 0 Å². The smallest absolute Gasteiger partial charge is 0.152 e. The number of nitrogens with one attached hydrogen (secondary N) is 1. The molecule has 2 aromatic rings. The highest BCUT2D eigenvalue weighted by molar-refractivity contribution is 5.67. The van der Waals surface area contributed by atoms with Gasteiger partial charge in [0.2, 0.25) is 0 Å². The molecule has 0 saturated carbocycles. The van der Waals surface area contributed by atoms with Gasteiger partial charge in [-0.05, 0) is 19.9 Å². The molecule has 2 aromatic heterocycles. The summed E-state index contributed by atoms with van der Waals surface area (Å²) in [6, 6.07) is 2.02. The first-order chi connectivity index (χ1) is 6.31. The summed E-state index contributed by atoms with van der Waals surface area (Å²) >= 11 is 0. The van der Waals surface area contributed by atoms with Gasteiger partial charge in [0.1, 0.15) is 5.52 Å². The van der Waals surface area contributed by atoms with Crippen molar-refractivity contribution in [1.29, 1.82) is 0 Å². The number of aromatic nitrogens is 3. The molecule has 0 amide bonds. The lowest BCUT2D eigenvalue weighted by Crippen LogP contribution is -2.01. The Morgan fingerprint density at radius 3 is 3.15 bits per heavy atom. The molecule has 2 heterocycles. The SMILES string of the molecule is CCNc1nccn2nc(C)cc12. The van der Waals surface area contributed by atoms with Gasteiger partial charge in [0.05, 0.1) is 5.69 Å². The van der Waals surface area contributed by atoms with E-state index in [1.807, 2.05) is 23.7 Å². The second-order valence-electron chi connectivity index (χ2n) is 2.92. The number of fused-ring (bicyclic) bond motifs is 1. The predicted octanol–water partition coefficient (Wildman–Crippen LogP) is 1.47. The van der Waals surface area contributed by atoms with Crippen LogP contribution in [0.25, 0.3) is 5.52 Å². The number of hydrogen-bond donors (Lipinski definition) is 1. The van der Waals surface area contributed by atoms with Crippen LogP contribution in [0.2, 0.25) is 0 Å². The Bertz CT molecular complexity index is 418. The van der Waals surface area contributed by atoms with Crippen LogP contribution in [0.15, 0.2) is 18.5 Å². The van der Waals surface area contributed by atoms with E-state index in [1.54, 1.807) is 6.20 Å². The van der Waals surface area contributed by atoms with E-state index >= 15 is 0 Å². The Hall–Kier alpha value is -1.58. The first kappa shape index (κ1) is 8.04. The highest BCUT2D eigenvalue weighted by atomic mass is 15.2. The Labute approximate surface area is 76.6 Å². The molecule has 0 aliphatic heterocycles. The van der Waals surface area contributed by atoms with E-state index in [9.17, 15) is 0 Å². The Kier molecular flexibility index (Phi) is 1.88. The quantitative estimate of drug-likeness (QED) is 0.753. The largest absolute Gasteiger partial charge is 0.369 e. The summed E-state index contributed by atoms with van der Waals surface area (Å²) in [5.41, 5.74) is 2.04. The molecule has 0 aromatic carbocycles. The molecular formula is C9H12N4. The molecule has 0 radical (unpaired) electrons. The molecule has 13 heavy (non-hydrogen) atoms. The Balaban J connectivity index is 2.60. The van der Waals surface area contributed by atoms with Crippen LogP contribution in [0.1, 0.15) is 12.6 Å². The van der Waals surface area contributed by atoms with Crippen molar-refractivity contribution < 1.29 is 0 Å². The van der Waals surface area contributed by atoms with Crippen molar-refractivity contribution in [2.75, 3.05) is 11.9 Å².